The van der Waals surface area contributed by atoms with Crippen LogP contribution >= 0.6 is 11.8 Å². The number of carbonyl (C=O) groups excluding carboxylic acids is 1. The molecule has 0 aliphatic rings. The number of ether oxygens (including phenoxy) is 2. The number of rotatable bonds is 11. The fourth-order valence-electron chi connectivity index (χ4n) is 3.27. The minimum atomic E-state index is -4.33. The van der Waals surface area contributed by atoms with Crippen LogP contribution in [0.4, 0.5) is 13.2 Å². The molecule has 0 saturated carbocycles. The van der Waals surface area contributed by atoms with Gasteiger partial charge < -0.3 is 25.6 Å². The first-order chi connectivity index (χ1) is 16.6. The number of hydrogen-bond acceptors (Lipinski definition) is 6. The highest BCUT2D eigenvalue weighted by Gasteiger charge is 2.29. The van der Waals surface area contributed by atoms with Crippen LogP contribution in [0.25, 0.3) is 0 Å². The third-order valence-electron chi connectivity index (χ3n) is 5.05. The molecule has 0 aliphatic heterocycles. The van der Waals surface area contributed by atoms with Crippen molar-refractivity contribution < 1.29 is 32.5 Å². The Morgan fingerprint density at radius 1 is 1.00 bits per heavy atom. The van der Waals surface area contributed by atoms with Crippen LogP contribution < -0.4 is 20.5 Å². The molecule has 4 N–H and O–H groups in total. The number of benzene rings is 3. The second-order valence-electron chi connectivity index (χ2n) is 7.67. The van der Waals surface area contributed by atoms with E-state index >= 15 is 0 Å². The third-order valence-corrected chi connectivity index (χ3v) is 5.79. The number of halogens is 3. The first-order valence-electron chi connectivity index (χ1n) is 10.6. The Balaban J connectivity index is 1.59. The maximum Gasteiger partial charge on any atom is 0.446 e. The molecule has 10 heteroatoms. The van der Waals surface area contributed by atoms with Crippen LogP contribution in [0.15, 0.2) is 71.6 Å². The summed E-state index contributed by atoms with van der Waals surface area (Å²) in [5.74, 6) is 0.595. The van der Waals surface area contributed by atoms with Gasteiger partial charge in [-0.2, -0.15) is 13.2 Å². The van der Waals surface area contributed by atoms with Crippen LogP contribution in [0.5, 0.6) is 17.2 Å². The highest BCUT2D eigenvalue weighted by atomic mass is 32.2. The van der Waals surface area contributed by atoms with E-state index in [4.69, 9.17) is 15.2 Å². The molecule has 1 unspecified atom stereocenters. The average Bonchev–Trinajstić information content (AvgIpc) is 2.81. The van der Waals surface area contributed by atoms with Gasteiger partial charge in [-0.05, 0) is 71.3 Å². The number of hydrogen-bond donors (Lipinski definition) is 3. The Kier molecular flexibility index (Phi) is 8.89. The lowest BCUT2D eigenvalue weighted by atomic mass is 10.0. The van der Waals surface area contributed by atoms with Crippen LogP contribution in [-0.2, 0) is 24.4 Å². The van der Waals surface area contributed by atoms with Crippen molar-refractivity contribution in [3.8, 4) is 17.2 Å². The summed E-state index contributed by atoms with van der Waals surface area (Å²) in [4.78, 5) is 12.0. The standard InChI is InChI=1S/C25H25F3N2O4S/c1-33-23-13-18(14-30-21(24(29)32)12-16-2-7-19(31)8-3-16)6-11-22(23)34-15-17-4-9-20(10-5-17)35-25(26,27)28/h2-11,13,21,30-31H,12,14-15H2,1H3,(H2,29,32). The summed E-state index contributed by atoms with van der Waals surface area (Å²) in [7, 11) is 1.50. The molecule has 6 nitrogen and oxygen atoms in total. The van der Waals surface area contributed by atoms with Crippen molar-refractivity contribution in [2.45, 2.75) is 36.0 Å². The van der Waals surface area contributed by atoms with Gasteiger partial charge in [0.25, 0.3) is 0 Å². The Morgan fingerprint density at radius 2 is 1.63 bits per heavy atom. The Morgan fingerprint density at radius 3 is 2.23 bits per heavy atom. The average molecular weight is 507 g/mol. The predicted molar refractivity (Wildman–Crippen MR) is 127 cm³/mol. The summed E-state index contributed by atoms with van der Waals surface area (Å²) in [5, 5.41) is 12.5. The Hall–Kier alpha value is -3.37. The first kappa shape index (κ1) is 26.2. The number of nitrogens with one attached hydrogen (secondary N) is 1. The van der Waals surface area contributed by atoms with Gasteiger partial charge in [0.05, 0.1) is 13.2 Å². The molecular formula is C25H25F3N2O4S. The maximum atomic E-state index is 12.5. The molecule has 3 aromatic rings. The number of carbonyl (C=O) groups is 1. The van der Waals surface area contributed by atoms with Crippen molar-refractivity contribution in [1.29, 1.82) is 0 Å². The number of aromatic hydroxyl groups is 1. The molecule has 3 aromatic carbocycles. The lowest BCUT2D eigenvalue weighted by Gasteiger charge is -2.17. The van der Waals surface area contributed by atoms with Crippen molar-refractivity contribution in [3.05, 3.63) is 83.4 Å². The van der Waals surface area contributed by atoms with Gasteiger partial charge in [-0.3, -0.25) is 4.79 Å². The van der Waals surface area contributed by atoms with Crippen molar-refractivity contribution in [3.63, 3.8) is 0 Å². The smallest absolute Gasteiger partial charge is 0.446 e. The summed E-state index contributed by atoms with van der Waals surface area (Å²) >= 11 is -0.165. The van der Waals surface area contributed by atoms with Crippen LogP contribution in [0.2, 0.25) is 0 Å². The SMILES string of the molecule is COc1cc(CNC(Cc2ccc(O)cc2)C(N)=O)ccc1OCc1ccc(SC(F)(F)F)cc1. The molecule has 0 aliphatic carbocycles. The molecule has 1 atom stereocenters. The van der Waals surface area contributed by atoms with E-state index in [-0.39, 0.29) is 29.0 Å². The highest BCUT2D eigenvalue weighted by molar-refractivity contribution is 8.00. The highest BCUT2D eigenvalue weighted by Crippen LogP contribution is 2.37. The summed E-state index contributed by atoms with van der Waals surface area (Å²) in [5.41, 5.74) is 3.61. The zero-order valence-electron chi connectivity index (χ0n) is 18.8. The van der Waals surface area contributed by atoms with Crippen molar-refractivity contribution in [2.24, 2.45) is 5.73 Å². The van der Waals surface area contributed by atoms with Crippen LogP contribution in [0.3, 0.4) is 0 Å². The lowest BCUT2D eigenvalue weighted by molar-refractivity contribution is -0.120. The summed E-state index contributed by atoms with van der Waals surface area (Å²) < 4.78 is 48.6. The van der Waals surface area contributed by atoms with E-state index in [0.717, 1.165) is 11.1 Å². The normalized spacial score (nSPS) is 12.2. The van der Waals surface area contributed by atoms with Gasteiger partial charge in [-0.25, -0.2) is 0 Å². The molecule has 0 saturated heterocycles. The van der Waals surface area contributed by atoms with E-state index in [2.05, 4.69) is 5.32 Å². The van der Waals surface area contributed by atoms with E-state index in [9.17, 15) is 23.1 Å². The number of amides is 1. The lowest BCUT2D eigenvalue weighted by Crippen LogP contribution is -2.42. The topological polar surface area (TPSA) is 93.8 Å². The van der Waals surface area contributed by atoms with Gasteiger partial charge in [0.2, 0.25) is 5.91 Å². The van der Waals surface area contributed by atoms with Crippen LogP contribution in [0.1, 0.15) is 16.7 Å². The molecule has 0 fully saturated rings. The van der Waals surface area contributed by atoms with Crippen molar-refractivity contribution in [1.82, 2.24) is 5.32 Å². The van der Waals surface area contributed by atoms with Crippen LogP contribution in [-0.4, -0.2) is 29.7 Å². The number of primary amides is 1. The Labute approximate surface area is 205 Å². The van der Waals surface area contributed by atoms with Gasteiger partial charge >= 0.3 is 5.51 Å². The number of phenolic OH excluding ortho intramolecular Hbond substituents is 1. The van der Waals surface area contributed by atoms with E-state index in [0.29, 0.717) is 30.0 Å². The molecular weight excluding hydrogens is 481 g/mol. The summed E-state index contributed by atoms with van der Waals surface area (Å²) in [6.45, 7) is 0.502. The number of methoxy groups -OCH3 is 1. The molecule has 0 spiro atoms. The zero-order chi connectivity index (χ0) is 25.4. The van der Waals surface area contributed by atoms with E-state index in [1.54, 1.807) is 48.5 Å². The quantitative estimate of drug-likeness (QED) is 0.324. The van der Waals surface area contributed by atoms with E-state index < -0.39 is 17.5 Å². The summed E-state index contributed by atoms with van der Waals surface area (Å²) in [6, 6.07) is 17.2. The molecule has 0 bridgehead atoms. The fourth-order valence-corrected chi connectivity index (χ4v) is 3.81. The molecule has 3 rings (SSSR count). The predicted octanol–water partition coefficient (Wildman–Crippen LogP) is 4.78. The monoisotopic (exact) mass is 506 g/mol. The van der Waals surface area contributed by atoms with Crippen molar-refractivity contribution in [2.75, 3.05) is 7.11 Å². The molecule has 35 heavy (non-hydrogen) atoms. The molecule has 0 aromatic heterocycles. The van der Waals surface area contributed by atoms with Gasteiger partial charge in [0.15, 0.2) is 11.5 Å². The van der Waals surface area contributed by atoms with E-state index in [1.165, 1.54) is 19.2 Å². The number of nitrogens with two attached hydrogens (primary N) is 1. The first-order valence-corrected chi connectivity index (χ1v) is 11.4. The van der Waals surface area contributed by atoms with Crippen molar-refractivity contribution >= 4 is 17.7 Å². The number of alkyl halides is 3. The van der Waals surface area contributed by atoms with Gasteiger partial charge in [0.1, 0.15) is 12.4 Å². The minimum Gasteiger partial charge on any atom is -0.508 e. The molecule has 186 valence electrons. The minimum absolute atomic E-state index is 0.107. The molecule has 1 amide bonds. The second-order valence-corrected chi connectivity index (χ2v) is 8.81. The maximum absolute atomic E-state index is 12.5. The van der Waals surface area contributed by atoms with Gasteiger partial charge in [-0.1, -0.05) is 30.3 Å². The van der Waals surface area contributed by atoms with Gasteiger partial charge in [0, 0.05) is 11.4 Å². The van der Waals surface area contributed by atoms with Crippen LogP contribution in [0, 0.1) is 0 Å². The largest absolute Gasteiger partial charge is 0.508 e. The fraction of sp³-hybridized carbons (Fsp3) is 0.240. The third kappa shape index (κ3) is 8.41. The zero-order valence-corrected chi connectivity index (χ0v) is 19.7. The number of thioether (sulfide) groups is 1. The second kappa shape index (κ2) is 11.9. The molecule has 0 radical (unpaired) electrons. The summed E-state index contributed by atoms with van der Waals surface area (Å²) in [6.07, 6.45) is 0.369. The Bertz CT molecular complexity index is 1120. The van der Waals surface area contributed by atoms with E-state index in [1.807, 2.05) is 6.07 Å². The number of phenols is 1. The van der Waals surface area contributed by atoms with Gasteiger partial charge in [-0.15, -0.1) is 0 Å². The molecule has 0 heterocycles.